The molecule has 0 spiro atoms. The molecule has 0 atom stereocenters. The van der Waals surface area contributed by atoms with E-state index in [1.165, 1.54) is 6.07 Å². The Hall–Kier alpha value is -2.30. The Morgan fingerprint density at radius 1 is 1.05 bits per heavy atom. The molecule has 0 aliphatic rings. The summed E-state index contributed by atoms with van der Waals surface area (Å²) in [6.45, 7) is 0. The van der Waals surface area contributed by atoms with Crippen molar-refractivity contribution in [2.24, 2.45) is 0 Å². The summed E-state index contributed by atoms with van der Waals surface area (Å²) in [5.74, 6) is -0.651. The van der Waals surface area contributed by atoms with Crippen LogP contribution in [0.5, 0.6) is 0 Å². The van der Waals surface area contributed by atoms with E-state index in [-0.39, 0.29) is 11.2 Å². The largest absolute Gasteiger partial charge is 0.451 e. The SMILES string of the molecule is O=C(Nc1ccccc1Cl)c1cc(=O)c2cc(Cl)ccc2o1. The van der Waals surface area contributed by atoms with Gasteiger partial charge in [0.15, 0.2) is 11.2 Å². The van der Waals surface area contributed by atoms with E-state index >= 15 is 0 Å². The van der Waals surface area contributed by atoms with Crippen LogP contribution >= 0.6 is 23.2 Å². The van der Waals surface area contributed by atoms with E-state index in [2.05, 4.69) is 5.32 Å². The Kier molecular flexibility index (Phi) is 3.88. The van der Waals surface area contributed by atoms with Crippen molar-refractivity contribution in [3.05, 3.63) is 74.6 Å². The van der Waals surface area contributed by atoms with Crippen LogP contribution in [0, 0.1) is 0 Å². The van der Waals surface area contributed by atoms with E-state index in [1.807, 2.05) is 0 Å². The lowest BCUT2D eigenvalue weighted by Gasteiger charge is -2.07. The van der Waals surface area contributed by atoms with Crippen molar-refractivity contribution in [2.45, 2.75) is 0 Å². The van der Waals surface area contributed by atoms with E-state index in [4.69, 9.17) is 27.6 Å². The molecule has 2 aromatic carbocycles. The molecule has 0 saturated carbocycles. The van der Waals surface area contributed by atoms with Crippen LogP contribution in [-0.2, 0) is 0 Å². The molecule has 0 unspecified atom stereocenters. The van der Waals surface area contributed by atoms with Gasteiger partial charge in [0.1, 0.15) is 5.58 Å². The number of nitrogens with one attached hydrogen (secondary N) is 1. The number of fused-ring (bicyclic) bond motifs is 1. The number of carbonyl (C=O) groups is 1. The lowest BCUT2D eigenvalue weighted by atomic mass is 10.2. The number of anilines is 1. The molecule has 1 N–H and O–H groups in total. The van der Waals surface area contributed by atoms with Crippen LogP contribution in [0.1, 0.15) is 10.6 Å². The van der Waals surface area contributed by atoms with Crippen molar-refractivity contribution in [2.75, 3.05) is 5.32 Å². The van der Waals surface area contributed by atoms with Crippen LogP contribution in [-0.4, -0.2) is 5.91 Å². The lowest BCUT2D eigenvalue weighted by molar-refractivity contribution is 0.0997. The second-order valence-corrected chi connectivity index (χ2v) is 5.39. The molecule has 6 heteroatoms. The van der Waals surface area contributed by atoms with Crippen LogP contribution in [0.25, 0.3) is 11.0 Å². The fourth-order valence-corrected chi connectivity index (χ4v) is 2.34. The molecule has 0 aliphatic heterocycles. The monoisotopic (exact) mass is 333 g/mol. The molecule has 0 aliphatic carbocycles. The van der Waals surface area contributed by atoms with E-state index < -0.39 is 5.91 Å². The van der Waals surface area contributed by atoms with Gasteiger partial charge in [-0.25, -0.2) is 0 Å². The topological polar surface area (TPSA) is 59.3 Å². The molecular formula is C16H9Cl2NO3. The first-order valence-corrected chi connectivity index (χ1v) is 7.09. The smallest absolute Gasteiger partial charge is 0.291 e. The summed E-state index contributed by atoms with van der Waals surface area (Å²) in [6, 6.07) is 12.5. The summed E-state index contributed by atoms with van der Waals surface area (Å²) in [5.41, 5.74) is 0.391. The first-order chi connectivity index (χ1) is 10.5. The molecule has 1 heterocycles. The Morgan fingerprint density at radius 2 is 1.82 bits per heavy atom. The maximum absolute atomic E-state index is 12.2. The lowest BCUT2D eigenvalue weighted by Crippen LogP contribution is -2.15. The van der Waals surface area contributed by atoms with Gasteiger partial charge < -0.3 is 9.73 Å². The highest BCUT2D eigenvalue weighted by atomic mass is 35.5. The Labute approximate surface area is 135 Å². The first kappa shape index (κ1) is 14.6. The average Bonchev–Trinajstić information content (AvgIpc) is 2.50. The van der Waals surface area contributed by atoms with Gasteiger partial charge in [-0.2, -0.15) is 0 Å². The third-order valence-corrected chi connectivity index (χ3v) is 3.60. The second kappa shape index (κ2) is 5.83. The van der Waals surface area contributed by atoms with Gasteiger partial charge in [0.05, 0.1) is 16.1 Å². The summed E-state index contributed by atoms with van der Waals surface area (Å²) in [5, 5.41) is 3.74. The predicted octanol–water partition coefficient (Wildman–Crippen LogP) is 4.35. The van der Waals surface area contributed by atoms with Gasteiger partial charge in [0.2, 0.25) is 0 Å². The maximum atomic E-state index is 12.2. The molecular weight excluding hydrogens is 325 g/mol. The number of para-hydroxylation sites is 1. The highest BCUT2D eigenvalue weighted by molar-refractivity contribution is 6.33. The van der Waals surface area contributed by atoms with Gasteiger partial charge >= 0.3 is 0 Å². The molecule has 1 amide bonds. The molecule has 1 aromatic heterocycles. The number of hydrogen-bond acceptors (Lipinski definition) is 3. The standard InChI is InChI=1S/C16H9Cl2NO3/c17-9-5-6-14-10(7-9)13(20)8-15(22-14)16(21)19-12-4-2-1-3-11(12)18/h1-8H,(H,19,21). The van der Waals surface area contributed by atoms with Crippen molar-refractivity contribution in [1.82, 2.24) is 0 Å². The fraction of sp³-hybridized carbons (Fsp3) is 0. The van der Waals surface area contributed by atoms with Gasteiger partial charge in [-0.1, -0.05) is 35.3 Å². The summed E-state index contributed by atoms with van der Waals surface area (Å²) in [7, 11) is 0. The van der Waals surface area contributed by atoms with Gasteiger partial charge in [-0.15, -0.1) is 0 Å². The first-order valence-electron chi connectivity index (χ1n) is 6.34. The minimum absolute atomic E-state index is 0.0975. The predicted molar refractivity (Wildman–Crippen MR) is 86.9 cm³/mol. The second-order valence-electron chi connectivity index (χ2n) is 4.55. The minimum Gasteiger partial charge on any atom is -0.451 e. The average molecular weight is 334 g/mol. The summed E-state index contributed by atoms with van der Waals surface area (Å²) >= 11 is 11.8. The molecule has 4 nitrogen and oxygen atoms in total. The van der Waals surface area contributed by atoms with Gasteiger partial charge in [-0.3, -0.25) is 9.59 Å². The van der Waals surface area contributed by atoms with E-state index in [0.717, 1.165) is 6.07 Å². The molecule has 22 heavy (non-hydrogen) atoms. The number of amides is 1. The molecule has 0 fully saturated rings. The van der Waals surface area contributed by atoms with Crippen LogP contribution < -0.4 is 10.7 Å². The van der Waals surface area contributed by atoms with Crippen molar-refractivity contribution in [3.8, 4) is 0 Å². The van der Waals surface area contributed by atoms with E-state index in [0.29, 0.717) is 26.7 Å². The number of hydrogen-bond donors (Lipinski definition) is 1. The Bertz CT molecular complexity index is 934. The van der Waals surface area contributed by atoms with Crippen molar-refractivity contribution in [3.63, 3.8) is 0 Å². The fourth-order valence-electron chi connectivity index (χ4n) is 1.99. The zero-order chi connectivity index (χ0) is 15.7. The number of carbonyl (C=O) groups excluding carboxylic acids is 1. The van der Waals surface area contributed by atoms with Crippen LogP contribution in [0.2, 0.25) is 10.0 Å². The summed E-state index contributed by atoms with van der Waals surface area (Å²) in [6.07, 6.45) is 0. The highest BCUT2D eigenvalue weighted by Gasteiger charge is 2.14. The van der Waals surface area contributed by atoms with Gasteiger partial charge in [-0.05, 0) is 30.3 Å². The van der Waals surface area contributed by atoms with Crippen molar-refractivity contribution in [1.29, 1.82) is 0 Å². The zero-order valence-corrected chi connectivity index (χ0v) is 12.6. The summed E-state index contributed by atoms with van der Waals surface area (Å²) in [4.78, 5) is 24.3. The highest BCUT2D eigenvalue weighted by Crippen LogP contribution is 2.22. The normalized spacial score (nSPS) is 10.6. The van der Waals surface area contributed by atoms with Gasteiger partial charge in [0.25, 0.3) is 5.91 Å². The van der Waals surface area contributed by atoms with Crippen molar-refractivity contribution >= 4 is 45.8 Å². The Morgan fingerprint density at radius 3 is 2.59 bits per heavy atom. The van der Waals surface area contributed by atoms with Crippen LogP contribution in [0.3, 0.4) is 0 Å². The molecule has 0 bridgehead atoms. The van der Waals surface area contributed by atoms with Crippen LogP contribution in [0.15, 0.2) is 57.7 Å². The third kappa shape index (κ3) is 2.84. The quantitative estimate of drug-likeness (QED) is 0.758. The van der Waals surface area contributed by atoms with Crippen molar-refractivity contribution < 1.29 is 9.21 Å². The molecule has 3 aromatic rings. The minimum atomic E-state index is -0.554. The molecule has 110 valence electrons. The maximum Gasteiger partial charge on any atom is 0.291 e. The van der Waals surface area contributed by atoms with E-state index in [9.17, 15) is 9.59 Å². The number of halogens is 2. The summed E-state index contributed by atoms with van der Waals surface area (Å²) < 4.78 is 5.46. The number of benzene rings is 2. The Balaban J connectivity index is 2.00. The zero-order valence-electron chi connectivity index (χ0n) is 11.1. The molecule has 0 radical (unpaired) electrons. The van der Waals surface area contributed by atoms with E-state index in [1.54, 1.807) is 36.4 Å². The third-order valence-electron chi connectivity index (χ3n) is 3.04. The molecule has 0 saturated heterocycles. The van der Waals surface area contributed by atoms with Crippen LogP contribution in [0.4, 0.5) is 5.69 Å². The van der Waals surface area contributed by atoms with Gasteiger partial charge in [0, 0.05) is 11.1 Å². The molecule has 3 rings (SSSR count). The number of rotatable bonds is 2.